The summed E-state index contributed by atoms with van der Waals surface area (Å²) in [7, 11) is 3.33. The number of nitrogens with one attached hydrogen (secondary N) is 1. The molecular weight excluding hydrogens is 548 g/mol. The van der Waals surface area contributed by atoms with Crippen LogP contribution in [0.3, 0.4) is 0 Å². The normalized spacial score (nSPS) is 17.2. The Bertz CT molecular complexity index is 1370. The quantitative estimate of drug-likeness (QED) is 0.183. The molecule has 1 aliphatic heterocycles. The van der Waals surface area contributed by atoms with Gasteiger partial charge in [-0.3, -0.25) is 9.21 Å². The zero-order valence-electron chi connectivity index (χ0n) is 22.4. The summed E-state index contributed by atoms with van der Waals surface area (Å²) in [5.74, 6) is 1.54. The van der Waals surface area contributed by atoms with E-state index in [1.807, 2.05) is 35.8 Å². The van der Waals surface area contributed by atoms with E-state index in [0.717, 1.165) is 58.8 Å². The largest absolute Gasteiger partial charge is 0.497 e. The number of methoxy groups -OCH3 is 2. The number of likely N-dealkylation sites (tertiary alicyclic amines) is 1. The highest BCUT2D eigenvalue weighted by Crippen LogP contribution is 2.38. The van der Waals surface area contributed by atoms with Crippen LogP contribution in [0.15, 0.2) is 83.2 Å². The molecule has 1 N–H and O–H groups in total. The van der Waals surface area contributed by atoms with Crippen LogP contribution in [0.4, 0.5) is 10.8 Å². The van der Waals surface area contributed by atoms with E-state index in [4.69, 9.17) is 21.1 Å². The second-order valence-corrected chi connectivity index (χ2v) is 12.3. The number of hydrogen-bond donors (Lipinski definition) is 1. The Kier molecular flexibility index (Phi) is 8.87. The van der Waals surface area contributed by atoms with Gasteiger partial charge in [0.15, 0.2) is 5.13 Å². The molecule has 2 heterocycles. The number of thiazole rings is 1. The van der Waals surface area contributed by atoms with E-state index in [1.165, 1.54) is 5.56 Å². The molecule has 0 bridgehead atoms. The van der Waals surface area contributed by atoms with Gasteiger partial charge in [0.1, 0.15) is 11.5 Å². The van der Waals surface area contributed by atoms with Crippen molar-refractivity contribution in [2.24, 2.45) is 0 Å². The highest BCUT2D eigenvalue weighted by atomic mass is 35.5. The van der Waals surface area contributed by atoms with Crippen molar-refractivity contribution in [3.05, 3.63) is 94.5 Å². The average Bonchev–Trinajstić information content (AvgIpc) is 3.61. The topological polar surface area (TPSA) is 49.9 Å². The minimum Gasteiger partial charge on any atom is -0.497 e. The van der Waals surface area contributed by atoms with E-state index in [2.05, 4.69) is 68.9 Å². The average molecular weight is 581 g/mol. The first-order chi connectivity index (χ1) is 18.9. The fourth-order valence-electron chi connectivity index (χ4n) is 4.86. The number of benzene rings is 3. The summed E-state index contributed by atoms with van der Waals surface area (Å²) < 4.78 is 13.2. The molecule has 0 amide bonds. The van der Waals surface area contributed by atoms with Crippen LogP contribution in [0, 0.1) is 0 Å². The molecule has 0 saturated carbocycles. The first-order valence-corrected chi connectivity index (χ1v) is 14.9. The van der Waals surface area contributed by atoms with Crippen LogP contribution < -0.4 is 19.1 Å². The van der Waals surface area contributed by atoms with Gasteiger partial charge in [0.05, 0.1) is 31.5 Å². The molecule has 0 spiro atoms. The van der Waals surface area contributed by atoms with Crippen molar-refractivity contribution >= 4 is 45.7 Å². The van der Waals surface area contributed by atoms with E-state index < -0.39 is 0 Å². The zero-order chi connectivity index (χ0) is 27.2. The molecule has 1 unspecified atom stereocenters. The van der Waals surface area contributed by atoms with E-state index in [1.54, 1.807) is 37.5 Å². The summed E-state index contributed by atoms with van der Waals surface area (Å²) in [6.45, 7) is 5.88. The Morgan fingerprint density at radius 1 is 1.10 bits per heavy atom. The molecule has 3 aromatic carbocycles. The monoisotopic (exact) mass is 580 g/mol. The Morgan fingerprint density at radius 2 is 1.95 bits per heavy atom. The van der Waals surface area contributed by atoms with Gasteiger partial charge >= 0.3 is 0 Å². The Labute approximate surface area is 244 Å². The molecule has 4 aromatic rings. The van der Waals surface area contributed by atoms with Crippen LogP contribution in [0.1, 0.15) is 24.5 Å². The molecule has 1 fully saturated rings. The van der Waals surface area contributed by atoms with Gasteiger partial charge in [0.2, 0.25) is 0 Å². The van der Waals surface area contributed by atoms with E-state index >= 15 is 0 Å². The third kappa shape index (κ3) is 7.00. The molecule has 1 aromatic heterocycles. The predicted octanol–water partition coefficient (Wildman–Crippen LogP) is 7.60. The van der Waals surface area contributed by atoms with Crippen LogP contribution in [0.2, 0.25) is 5.02 Å². The van der Waals surface area contributed by atoms with Gasteiger partial charge in [-0.2, -0.15) is 0 Å². The highest BCUT2D eigenvalue weighted by Gasteiger charge is 2.34. The van der Waals surface area contributed by atoms with Crippen LogP contribution in [0.5, 0.6) is 11.5 Å². The van der Waals surface area contributed by atoms with Gasteiger partial charge in [-0.15, -0.1) is 11.3 Å². The Morgan fingerprint density at radius 3 is 2.67 bits per heavy atom. The highest BCUT2D eigenvalue weighted by molar-refractivity contribution is 8.00. The predicted molar refractivity (Wildman–Crippen MR) is 164 cm³/mol. The number of nitrogens with zero attached hydrogens (tertiary/aromatic N) is 3. The molecule has 39 heavy (non-hydrogen) atoms. The molecule has 0 radical (unpaired) electrons. The summed E-state index contributed by atoms with van der Waals surface area (Å²) in [6, 6.07) is 22.8. The molecular formula is C30H33ClN4O2S2. The summed E-state index contributed by atoms with van der Waals surface area (Å²) in [4.78, 5) is 8.10. The number of anilines is 2. The van der Waals surface area contributed by atoms with Gasteiger partial charge in [-0.05, 0) is 61.2 Å². The van der Waals surface area contributed by atoms with Crippen molar-refractivity contribution in [2.45, 2.75) is 36.9 Å². The number of hydrogen-bond acceptors (Lipinski definition) is 8. The van der Waals surface area contributed by atoms with Crippen molar-refractivity contribution in [1.29, 1.82) is 0 Å². The fourth-order valence-corrected chi connectivity index (χ4v) is 6.82. The second-order valence-electron chi connectivity index (χ2n) is 9.89. The summed E-state index contributed by atoms with van der Waals surface area (Å²) in [5, 5.41) is 7.35. The maximum atomic E-state index is 6.83. The number of rotatable bonds is 11. The van der Waals surface area contributed by atoms with E-state index in [9.17, 15) is 0 Å². The lowest BCUT2D eigenvalue weighted by Gasteiger charge is -2.28. The lowest BCUT2D eigenvalue weighted by atomic mass is 10.0. The molecule has 9 heteroatoms. The first-order valence-electron chi connectivity index (χ1n) is 12.8. The third-order valence-corrected chi connectivity index (χ3v) is 9.04. The standard InChI is InChI=1S/C30H33ClN4O2S2/c1-30(13-15-34(21-30)19-22-7-5-4-6-8-22)33-27-12-11-25(18-26(27)31)39-35(29-32-14-16-38-29)20-23-9-10-24(36-2)17-28(23)37-3/h4-12,14,16-18,33H,13,15,19-21H2,1-3H3. The van der Waals surface area contributed by atoms with Crippen LogP contribution in [0.25, 0.3) is 0 Å². The van der Waals surface area contributed by atoms with Gasteiger partial charge in [-0.1, -0.05) is 41.9 Å². The molecule has 1 saturated heterocycles. The van der Waals surface area contributed by atoms with Crippen LogP contribution >= 0.6 is 34.9 Å². The van der Waals surface area contributed by atoms with Gasteiger partial charge in [0, 0.05) is 53.3 Å². The number of aromatic nitrogens is 1. The second kappa shape index (κ2) is 12.5. The van der Waals surface area contributed by atoms with E-state index in [-0.39, 0.29) is 5.54 Å². The summed E-state index contributed by atoms with van der Waals surface area (Å²) in [6.07, 6.45) is 2.89. The van der Waals surface area contributed by atoms with E-state index in [0.29, 0.717) is 11.6 Å². The smallest absolute Gasteiger partial charge is 0.195 e. The molecule has 6 nitrogen and oxygen atoms in total. The maximum Gasteiger partial charge on any atom is 0.195 e. The van der Waals surface area contributed by atoms with Gasteiger partial charge in [-0.25, -0.2) is 4.98 Å². The van der Waals surface area contributed by atoms with Crippen LogP contribution in [-0.2, 0) is 13.1 Å². The zero-order valence-corrected chi connectivity index (χ0v) is 24.8. The van der Waals surface area contributed by atoms with Crippen molar-refractivity contribution in [3.8, 4) is 11.5 Å². The van der Waals surface area contributed by atoms with Gasteiger partial charge < -0.3 is 14.8 Å². The SMILES string of the molecule is COc1ccc(CN(Sc2ccc(NC3(C)CCN(Cc4ccccc4)C3)c(Cl)c2)c2nccs2)c(OC)c1. The molecule has 1 aliphatic rings. The third-order valence-electron chi connectivity index (χ3n) is 6.83. The summed E-state index contributed by atoms with van der Waals surface area (Å²) in [5.41, 5.74) is 3.31. The van der Waals surface area contributed by atoms with Crippen molar-refractivity contribution < 1.29 is 9.47 Å². The maximum absolute atomic E-state index is 6.83. The molecule has 1 atom stereocenters. The minimum absolute atomic E-state index is 0.0368. The lowest BCUT2D eigenvalue weighted by molar-refractivity contribution is 0.315. The summed E-state index contributed by atoms with van der Waals surface area (Å²) >= 11 is 10.0. The molecule has 204 valence electrons. The van der Waals surface area contributed by atoms with Gasteiger partial charge in [0.25, 0.3) is 0 Å². The Hall–Kier alpha value is -2.91. The molecule has 5 rings (SSSR count). The minimum atomic E-state index is -0.0368. The number of ether oxygens (including phenoxy) is 2. The molecule has 0 aliphatic carbocycles. The Balaban J connectivity index is 1.27. The van der Waals surface area contributed by atoms with Crippen molar-refractivity contribution in [2.75, 3.05) is 36.9 Å². The van der Waals surface area contributed by atoms with Crippen molar-refractivity contribution in [1.82, 2.24) is 9.88 Å². The van der Waals surface area contributed by atoms with Crippen LogP contribution in [-0.4, -0.2) is 42.7 Å². The number of halogens is 1. The van der Waals surface area contributed by atoms with Crippen molar-refractivity contribution in [3.63, 3.8) is 0 Å². The first kappa shape index (κ1) is 27.6. The fraction of sp³-hybridized carbons (Fsp3) is 0.300. The lowest BCUT2D eigenvalue weighted by Crippen LogP contribution is -2.38.